The Morgan fingerprint density at radius 2 is 1.92 bits per heavy atom. The third-order valence-corrected chi connectivity index (χ3v) is 6.56. The zero-order valence-electron chi connectivity index (χ0n) is 15.1. The minimum atomic E-state index is -3.72. The summed E-state index contributed by atoms with van der Waals surface area (Å²) < 4.78 is 33.1. The number of benzene rings is 1. The second kappa shape index (κ2) is 9.16. The number of hydrogen-bond acceptors (Lipinski definition) is 5. The fraction of sp³-hybridized carbons (Fsp3) is 0.389. The van der Waals surface area contributed by atoms with Gasteiger partial charge in [0.2, 0.25) is 5.91 Å². The van der Waals surface area contributed by atoms with Crippen molar-refractivity contribution in [1.29, 1.82) is 0 Å². The third kappa shape index (κ3) is 5.30. The van der Waals surface area contributed by atoms with Gasteiger partial charge in [-0.05, 0) is 30.4 Å². The van der Waals surface area contributed by atoms with Crippen LogP contribution >= 0.6 is 11.3 Å². The number of para-hydroxylation sites is 1. The number of thiophene rings is 1. The molecule has 2 N–H and O–H groups in total. The molecule has 1 unspecified atom stereocenters. The first-order valence-electron chi connectivity index (χ1n) is 8.39. The van der Waals surface area contributed by atoms with Gasteiger partial charge in [-0.25, -0.2) is 8.42 Å². The molecule has 0 bridgehead atoms. The van der Waals surface area contributed by atoms with Crippen LogP contribution in [0.3, 0.4) is 0 Å². The van der Waals surface area contributed by atoms with Crippen LogP contribution in [0.1, 0.15) is 26.3 Å². The molecule has 1 amide bonds. The molecule has 1 heterocycles. The fourth-order valence-corrected chi connectivity index (χ4v) is 4.73. The molecule has 0 fully saturated rings. The molecule has 142 valence electrons. The van der Waals surface area contributed by atoms with Crippen molar-refractivity contribution in [2.75, 3.05) is 6.61 Å². The van der Waals surface area contributed by atoms with Crippen molar-refractivity contribution in [3.8, 4) is 5.75 Å². The first-order chi connectivity index (χ1) is 12.3. The summed E-state index contributed by atoms with van der Waals surface area (Å²) in [5.41, 5.74) is 0.839. The number of rotatable bonds is 9. The van der Waals surface area contributed by atoms with Crippen LogP contribution in [0.15, 0.2) is 46.0 Å². The SMILES string of the molecule is CCOc1ccccc1CNC(=O)C(NS(=O)(=O)c1cccs1)C(C)C. The van der Waals surface area contributed by atoms with E-state index in [1.807, 2.05) is 31.2 Å². The Morgan fingerprint density at radius 1 is 1.19 bits per heavy atom. The number of sulfonamides is 1. The van der Waals surface area contributed by atoms with Crippen molar-refractivity contribution in [2.24, 2.45) is 5.92 Å². The molecule has 26 heavy (non-hydrogen) atoms. The van der Waals surface area contributed by atoms with Gasteiger partial charge in [0.15, 0.2) is 0 Å². The summed E-state index contributed by atoms with van der Waals surface area (Å²) in [7, 11) is -3.72. The molecule has 0 saturated heterocycles. The van der Waals surface area contributed by atoms with Crippen molar-refractivity contribution in [1.82, 2.24) is 10.0 Å². The lowest BCUT2D eigenvalue weighted by Crippen LogP contribution is -2.49. The van der Waals surface area contributed by atoms with E-state index in [1.165, 1.54) is 6.07 Å². The Balaban J connectivity index is 2.08. The monoisotopic (exact) mass is 396 g/mol. The van der Waals surface area contributed by atoms with Crippen LogP contribution < -0.4 is 14.8 Å². The van der Waals surface area contributed by atoms with Gasteiger partial charge in [0, 0.05) is 12.1 Å². The lowest BCUT2D eigenvalue weighted by Gasteiger charge is -2.21. The Bertz CT molecular complexity index is 817. The maximum atomic E-state index is 12.6. The number of carbonyl (C=O) groups is 1. The highest BCUT2D eigenvalue weighted by atomic mass is 32.2. The van der Waals surface area contributed by atoms with Crippen molar-refractivity contribution < 1.29 is 17.9 Å². The van der Waals surface area contributed by atoms with Crippen LogP contribution in [-0.4, -0.2) is 27.0 Å². The molecule has 1 aromatic carbocycles. The summed E-state index contributed by atoms with van der Waals surface area (Å²) >= 11 is 1.11. The summed E-state index contributed by atoms with van der Waals surface area (Å²) in [5, 5.41) is 4.49. The highest BCUT2D eigenvalue weighted by molar-refractivity contribution is 7.91. The summed E-state index contributed by atoms with van der Waals surface area (Å²) in [4.78, 5) is 12.6. The van der Waals surface area contributed by atoms with Crippen LogP contribution in [0.2, 0.25) is 0 Å². The van der Waals surface area contributed by atoms with E-state index in [1.54, 1.807) is 25.3 Å². The second-order valence-corrected chi connectivity index (χ2v) is 8.92. The van der Waals surface area contributed by atoms with E-state index in [4.69, 9.17) is 4.74 Å². The smallest absolute Gasteiger partial charge is 0.250 e. The van der Waals surface area contributed by atoms with Gasteiger partial charge in [0.25, 0.3) is 10.0 Å². The van der Waals surface area contributed by atoms with Gasteiger partial charge in [-0.1, -0.05) is 38.1 Å². The largest absolute Gasteiger partial charge is 0.494 e. The molecule has 0 radical (unpaired) electrons. The molecule has 0 aliphatic carbocycles. The molecule has 0 spiro atoms. The number of amides is 1. The van der Waals surface area contributed by atoms with Gasteiger partial charge in [-0.15, -0.1) is 11.3 Å². The molecule has 6 nitrogen and oxygen atoms in total. The first kappa shape index (κ1) is 20.4. The number of nitrogens with one attached hydrogen (secondary N) is 2. The predicted octanol–water partition coefficient (Wildman–Crippen LogP) is 2.77. The predicted molar refractivity (Wildman–Crippen MR) is 103 cm³/mol. The van der Waals surface area contributed by atoms with Gasteiger partial charge in [-0.3, -0.25) is 4.79 Å². The van der Waals surface area contributed by atoms with Gasteiger partial charge in [0.05, 0.1) is 6.61 Å². The lowest BCUT2D eigenvalue weighted by atomic mass is 10.0. The minimum absolute atomic E-state index is 0.192. The van der Waals surface area contributed by atoms with E-state index >= 15 is 0 Å². The van der Waals surface area contributed by atoms with E-state index in [0.29, 0.717) is 12.4 Å². The Labute approximate surface area is 158 Å². The average Bonchev–Trinajstić information content (AvgIpc) is 3.14. The Hall–Kier alpha value is -1.90. The van der Waals surface area contributed by atoms with Crippen LogP contribution in [0, 0.1) is 5.92 Å². The van der Waals surface area contributed by atoms with E-state index in [0.717, 1.165) is 16.9 Å². The van der Waals surface area contributed by atoms with Gasteiger partial charge in [0.1, 0.15) is 16.0 Å². The van der Waals surface area contributed by atoms with E-state index in [-0.39, 0.29) is 22.6 Å². The highest BCUT2D eigenvalue weighted by Crippen LogP contribution is 2.19. The van der Waals surface area contributed by atoms with Crippen LogP contribution in [-0.2, 0) is 21.4 Å². The third-order valence-electron chi connectivity index (χ3n) is 3.72. The lowest BCUT2D eigenvalue weighted by molar-refractivity contribution is -0.123. The molecule has 2 aromatic rings. The van der Waals surface area contributed by atoms with E-state index in [2.05, 4.69) is 10.0 Å². The molecule has 0 saturated carbocycles. The second-order valence-electron chi connectivity index (χ2n) is 6.03. The van der Waals surface area contributed by atoms with E-state index in [9.17, 15) is 13.2 Å². The Morgan fingerprint density at radius 3 is 2.54 bits per heavy atom. The van der Waals surface area contributed by atoms with Crippen LogP contribution in [0.5, 0.6) is 5.75 Å². The summed E-state index contributed by atoms with van der Waals surface area (Å²) in [5.74, 6) is 0.133. The molecule has 2 rings (SSSR count). The topological polar surface area (TPSA) is 84.5 Å². The standard InChI is InChI=1S/C18H24N2O4S2/c1-4-24-15-9-6-5-8-14(15)12-19-18(21)17(13(2)3)20-26(22,23)16-10-7-11-25-16/h5-11,13,17,20H,4,12H2,1-3H3,(H,19,21). The van der Waals surface area contributed by atoms with Crippen molar-refractivity contribution >= 4 is 27.3 Å². The van der Waals surface area contributed by atoms with Gasteiger partial charge >= 0.3 is 0 Å². The summed E-state index contributed by atoms with van der Waals surface area (Å²) in [6.45, 7) is 6.29. The number of hydrogen-bond donors (Lipinski definition) is 2. The first-order valence-corrected chi connectivity index (χ1v) is 10.8. The maximum absolute atomic E-state index is 12.6. The fourth-order valence-electron chi connectivity index (χ4n) is 2.37. The average molecular weight is 397 g/mol. The molecule has 8 heteroatoms. The zero-order valence-corrected chi connectivity index (χ0v) is 16.7. The van der Waals surface area contributed by atoms with Crippen molar-refractivity contribution in [2.45, 2.75) is 37.6 Å². The van der Waals surface area contributed by atoms with Crippen molar-refractivity contribution in [3.63, 3.8) is 0 Å². The van der Waals surface area contributed by atoms with Crippen molar-refractivity contribution in [3.05, 3.63) is 47.3 Å². The van der Waals surface area contributed by atoms with Gasteiger partial charge < -0.3 is 10.1 Å². The Kier molecular flexibility index (Phi) is 7.19. The van der Waals surface area contributed by atoms with Gasteiger partial charge in [-0.2, -0.15) is 4.72 Å². The minimum Gasteiger partial charge on any atom is -0.494 e. The van der Waals surface area contributed by atoms with E-state index < -0.39 is 16.1 Å². The summed E-state index contributed by atoms with van der Waals surface area (Å²) in [6.07, 6.45) is 0. The molecular formula is C18H24N2O4S2. The number of carbonyl (C=O) groups excluding carboxylic acids is 1. The molecule has 0 aliphatic rings. The molecule has 0 aliphatic heterocycles. The number of ether oxygens (including phenoxy) is 1. The summed E-state index contributed by atoms with van der Waals surface area (Å²) in [6, 6.07) is 9.75. The zero-order chi connectivity index (χ0) is 19.2. The normalized spacial score (nSPS) is 12.8. The molecule has 1 aromatic heterocycles. The quantitative estimate of drug-likeness (QED) is 0.683. The maximum Gasteiger partial charge on any atom is 0.250 e. The van der Waals surface area contributed by atoms with Crippen LogP contribution in [0.25, 0.3) is 0 Å². The highest BCUT2D eigenvalue weighted by Gasteiger charge is 2.28. The molecule has 1 atom stereocenters. The van der Waals surface area contributed by atoms with Crippen LogP contribution in [0.4, 0.5) is 0 Å². The molecular weight excluding hydrogens is 372 g/mol.